The first-order valence-corrected chi connectivity index (χ1v) is 7.77. The van der Waals surface area contributed by atoms with E-state index in [4.69, 9.17) is 0 Å². The zero-order chi connectivity index (χ0) is 17.5. The lowest BCUT2D eigenvalue weighted by Gasteiger charge is -2.49. The molecular weight excluding hydrogens is 325 g/mol. The van der Waals surface area contributed by atoms with E-state index in [0.717, 1.165) is 37.8 Å². The summed E-state index contributed by atoms with van der Waals surface area (Å²) in [6, 6.07) is 2.57. The Kier molecular flexibility index (Phi) is 4.15. The predicted octanol–water partition coefficient (Wildman–Crippen LogP) is 3.56. The van der Waals surface area contributed by atoms with Crippen molar-refractivity contribution in [3.63, 3.8) is 0 Å². The number of amides is 2. The molecule has 1 aliphatic carbocycles. The normalized spacial score (nSPS) is 26.3. The van der Waals surface area contributed by atoms with Crippen molar-refractivity contribution in [3.05, 3.63) is 29.8 Å². The Morgan fingerprint density at radius 2 is 1.83 bits per heavy atom. The molecular formula is C16H17F3N2O3. The van der Waals surface area contributed by atoms with Gasteiger partial charge in [0.2, 0.25) is 0 Å². The van der Waals surface area contributed by atoms with Crippen molar-refractivity contribution in [2.24, 2.45) is 5.92 Å². The van der Waals surface area contributed by atoms with Crippen LogP contribution in [0.1, 0.15) is 31.2 Å². The second-order valence-electron chi connectivity index (χ2n) is 6.27. The predicted molar refractivity (Wildman–Crippen MR) is 79.5 cm³/mol. The second-order valence-corrected chi connectivity index (χ2v) is 6.27. The van der Waals surface area contributed by atoms with Crippen molar-refractivity contribution in [2.75, 3.05) is 5.32 Å². The highest BCUT2D eigenvalue weighted by atomic mass is 19.4. The van der Waals surface area contributed by atoms with E-state index in [1.165, 1.54) is 17.0 Å². The van der Waals surface area contributed by atoms with E-state index in [0.29, 0.717) is 0 Å². The molecule has 24 heavy (non-hydrogen) atoms. The van der Waals surface area contributed by atoms with E-state index in [1.54, 1.807) is 0 Å². The van der Waals surface area contributed by atoms with Crippen LogP contribution in [0, 0.1) is 5.92 Å². The summed E-state index contributed by atoms with van der Waals surface area (Å²) in [5.41, 5.74) is -0.865. The van der Waals surface area contributed by atoms with Crippen LogP contribution in [0.15, 0.2) is 24.3 Å². The molecule has 130 valence electrons. The first-order chi connectivity index (χ1) is 11.3. The van der Waals surface area contributed by atoms with Gasteiger partial charge in [0.1, 0.15) is 6.04 Å². The molecule has 2 bridgehead atoms. The van der Waals surface area contributed by atoms with E-state index < -0.39 is 29.8 Å². The Bertz CT molecular complexity index is 654. The molecule has 1 aromatic carbocycles. The van der Waals surface area contributed by atoms with Crippen LogP contribution in [0.4, 0.5) is 23.7 Å². The van der Waals surface area contributed by atoms with Gasteiger partial charge in [-0.15, -0.1) is 0 Å². The minimum absolute atomic E-state index is 0.000380. The quantitative estimate of drug-likeness (QED) is 0.863. The lowest BCUT2D eigenvalue weighted by molar-refractivity contribution is -0.149. The maximum Gasteiger partial charge on any atom is 0.416 e. The molecule has 5 nitrogen and oxygen atoms in total. The van der Waals surface area contributed by atoms with Crippen molar-refractivity contribution < 1.29 is 27.9 Å². The highest BCUT2D eigenvalue weighted by Gasteiger charge is 2.47. The van der Waals surface area contributed by atoms with Crippen molar-refractivity contribution >= 4 is 17.7 Å². The molecule has 3 fully saturated rings. The third-order valence-electron chi connectivity index (χ3n) is 4.81. The molecule has 0 spiro atoms. The molecule has 1 atom stereocenters. The molecule has 0 aromatic heterocycles. The summed E-state index contributed by atoms with van der Waals surface area (Å²) in [4.78, 5) is 25.3. The second kappa shape index (κ2) is 5.99. The molecule has 1 aromatic rings. The van der Waals surface area contributed by atoms with Crippen LogP contribution in [0.25, 0.3) is 0 Å². The van der Waals surface area contributed by atoms with E-state index in [9.17, 15) is 27.9 Å². The number of carbonyl (C=O) groups excluding carboxylic acids is 1. The molecule has 2 saturated heterocycles. The van der Waals surface area contributed by atoms with Gasteiger partial charge in [-0.05, 0) is 49.8 Å². The van der Waals surface area contributed by atoms with Gasteiger partial charge in [-0.25, -0.2) is 9.59 Å². The third kappa shape index (κ3) is 3.05. The number of benzene rings is 1. The fraction of sp³-hybridized carbons (Fsp3) is 0.500. The van der Waals surface area contributed by atoms with Gasteiger partial charge < -0.3 is 15.3 Å². The summed E-state index contributed by atoms with van der Waals surface area (Å²) in [6.45, 7) is 0. The zero-order valence-corrected chi connectivity index (χ0v) is 12.7. The number of nitrogens with zero attached hydrogens (tertiary/aromatic N) is 1. The van der Waals surface area contributed by atoms with Crippen LogP contribution in [0.5, 0.6) is 0 Å². The highest BCUT2D eigenvalue weighted by molar-refractivity contribution is 5.93. The summed E-state index contributed by atoms with van der Waals surface area (Å²) >= 11 is 0. The number of fused-ring (bicyclic) bond motifs is 3. The number of anilines is 1. The fourth-order valence-corrected chi connectivity index (χ4v) is 3.72. The van der Waals surface area contributed by atoms with Gasteiger partial charge in [-0.3, -0.25) is 0 Å². The number of aliphatic carboxylic acids is 1. The third-order valence-corrected chi connectivity index (χ3v) is 4.81. The van der Waals surface area contributed by atoms with E-state index in [1.807, 2.05) is 0 Å². The lowest BCUT2D eigenvalue weighted by atomic mass is 9.74. The van der Waals surface area contributed by atoms with Gasteiger partial charge in [0.15, 0.2) is 0 Å². The van der Waals surface area contributed by atoms with Crippen LogP contribution in [0.2, 0.25) is 0 Å². The van der Waals surface area contributed by atoms with Gasteiger partial charge >= 0.3 is 18.2 Å². The van der Waals surface area contributed by atoms with Crippen LogP contribution >= 0.6 is 0 Å². The summed E-state index contributed by atoms with van der Waals surface area (Å²) in [6.07, 6.45) is -1.53. The molecule has 1 saturated carbocycles. The fourth-order valence-electron chi connectivity index (χ4n) is 3.72. The molecule has 1 unspecified atom stereocenters. The minimum atomic E-state index is -4.51. The minimum Gasteiger partial charge on any atom is -0.480 e. The van der Waals surface area contributed by atoms with Gasteiger partial charge in [0.05, 0.1) is 5.56 Å². The van der Waals surface area contributed by atoms with Gasteiger partial charge in [-0.1, -0.05) is 6.07 Å². The Hall–Kier alpha value is -2.25. The monoisotopic (exact) mass is 342 g/mol. The lowest BCUT2D eigenvalue weighted by Crippen LogP contribution is -2.61. The van der Waals surface area contributed by atoms with Gasteiger partial charge in [-0.2, -0.15) is 13.2 Å². The Morgan fingerprint density at radius 3 is 2.42 bits per heavy atom. The molecule has 2 amide bonds. The summed E-state index contributed by atoms with van der Waals surface area (Å²) in [5.74, 6) is -1.16. The highest BCUT2D eigenvalue weighted by Crippen LogP contribution is 2.40. The topological polar surface area (TPSA) is 69.6 Å². The number of halogens is 3. The maximum atomic E-state index is 12.7. The van der Waals surface area contributed by atoms with Crippen molar-refractivity contribution in [1.82, 2.24) is 4.90 Å². The number of carboxylic acid groups (broad SMARTS) is 1. The SMILES string of the molecule is O=C(O)C1C2CCC(CC2)N1C(=O)Nc1cccc(C(F)(F)F)c1. The van der Waals surface area contributed by atoms with Crippen molar-refractivity contribution in [3.8, 4) is 0 Å². The number of hydrogen-bond donors (Lipinski definition) is 2. The number of rotatable bonds is 2. The maximum absolute atomic E-state index is 12.7. The molecule has 3 aliphatic rings. The van der Waals surface area contributed by atoms with Crippen LogP contribution in [0.3, 0.4) is 0 Å². The Labute approximate surface area is 136 Å². The zero-order valence-electron chi connectivity index (χ0n) is 12.7. The summed E-state index contributed by atoms with van der Waals surface area (Å²) in [5, 5.41) is 11.8. The Balaban J connectivity index is 1.80. The Morgan fingerprint density at radius 1 is 1.17 bits per heavy atom. The van der Waals surface area contributed by atoms with Crippen LogP contribution in [-0.4, -0.2) is 34.1 Å². The van der Waals surface area contributed by atoms with E-state index in [2.05, 4.69) is 5.32 Å². The number of urea groups is 1. The molecule has 2 N–H and O–H groups in total. The smallest absolute Gasteiger partial charge is 0.416 e. The van der Waals surface area contributed by atoms with E-state index >= 15 is 0 Å². The van der Waals surface area contributed by atoms with Crippen LogP contribution in [-0.2, 0) is 11.0 Å². The number of nitrogens with one attached hydrogen (secondary N) is 1. The number of carboxylic acids is 1. The van der Waals surface area contributed by atoms with E-state index in [-0.39, 0.29) is 17.6 Å². The van der Waals surface area contributed by atoms with Gasteiger partial charge in [0, 0.05) is 11.7 Å². The molecule has 8 heteroatoms. The molecule has 2 aliphatic heterocycles. The molecule has 2 heterocycles. The van der Waals surface area contributed by atoms with Crippen LogP contribution < -0.4 is 5.32 Å². The molecule has 4 rings (SSSR count). The van der Waals surface area contributed by atoms with Crippen molar-refractivity contribution in [2.45, 2.75) is 43.9 Å². The van der Waals surface area contributed by atoms with Gasteiger partial charge in [0.25, 0.3) is 0 Å². The largest absolute Gasteiger partial charge is 0.480 e. The average molecular weight is 342 g/mol. The number of carbonyl (C=O) groups is 2. The average Bonchev–Trinajstić information content (AvgIpc) is 2.54. The number of piperidine rings is 2. The van der Waals surface area contributed by atoms with Crippen molar-refractivity contribution in [1.29, 1.82) is 0 Å². The standard InChI is InChI=1S/C16H17F3N2O3/c17-16(18,19)10-2-1-3-11(8-10)20-15(24)21-12-6-4-9(5-7-12)13(21)14(22)23/h1-3,8-9,12-13H,4-7H2,(H,20,24)(H,22,23). The summed E-state index contributed by atoms with van der Waals surface area (Å²) < 4.78 is 38.2. The summed E-state index contributed by atoms with van der Waals surface area (Å²) in [7, 11) is 0. The first-order valence-electron chi connectivity index (χ1n) is 7.77. The number of hydrogen-bond acceptors (Lipinski definition) is 2. The molecule has 0 radical (unpaired) electrons. The first kappa shape index (κ1) is 16.6. The number of alkyl halides is 3.